The molecule has 26 heavy (non-hydrogen) atoms. The van der Waals surface area contributed by atoms with Gasteiger partial charge in [0.15, 0.2) is 5.78 Å². The molecule has 0 fully saturated rings. The predicted molar refractivity (Wildman–Crippen MR) is 102 cm³/mol. The van der Waals surface area contributed by atoms with Gasteiger partial charge in [0.05, 0.1) is 6.54 Å². The smallest absolute Gasteiger partial charge is 0.238 e. The first-order valence-corrected chi connectivity index (χ1v) is 8.63. The topological polar surface area (TPSA) is 69.6 Å². The van der Waals surface area contributed by atoms with Crippen molar-refractivity contribution in [2.24, 2.45) is 0 Å². The Kier molecular flexibility index (Phi) is 5.49. The number of hydrogen-bond donors (Lipinski definition) is 2. The number of benzene rings is 2. The second-order valence-electron chi connectivity index (χ2n) is 6.45. The van der Waals surface area contributed by atoms with Crippen LogP contribution in [0.2, 0.25) is 0 Å². The summed E-state index contributed by atoms with van der Waals surface area (Å²) >= 11 is 0. The largest absolute Gasteiger partial charge is 0.508 e. The summed E-state index contributed by atoms with van der Waals surface area (Å²) in [4.78, 5) is 25.8. The molecule has 0 aliphatic carbocycles. The van der Waals surface area contributed by atoms with E-state index in [-0.39, 0.29) is 17.4 Å². The van der Waals surface area contributed by atoms with Crippen molar-refractivity contribution in [3.8, 4) is 5.75 Å². The van der Waals surface area contributed by atoms with Crippen LogP contribution in [0.1, 0.15) is 29.3 Å². The van der Waals surface area contributed by atoms with Crippen LogP contribution in [-0.2, 0) is 4.79 Å². The van der Waals surface area contributed by atoms with Gasteiger partial charge in [0.25, 0.3) is 0 Å². The zero-order chi connectivity index (χ0) is 18.5. The third-order valence-electron chi connectivity index (χ3n) is 4.45. The number of nitrogens with zero attached hydrogens (tertiary/aromatic N) is 1. The SMILES string of the molecule is CC(=O)c1cccc(NC(=O)CN2CC=C(c3ccc(O)cc3)CC2)c1. The van der Waals surface area contributed by atoms with E-state index in [1.165, 1.54) is 12.5 Å². The Morgan fingerprint density at radius 2 is 1.92 bits per heavy atom. The van der Waals surface area contributed by atoms with Gasteiger partial charge in [0.1, 0.15) is 5.75 Å². The molecule has 134 valence electrons. The second kappa shape index (κ2) is 7.97. The highest BCUT2D eigenvalue weighted by atomic mass is 16.3. The van der Waals surface area contributed by atoms with Crippen LogP contribution in [0, 0.1) is 0 Å². The molecule has 5 heteroatoms. The van der Waals surface area contributed by atoms with E-state index in [4.69, 9.17) is 0 Å². The fourth-order valence-corrected chi connectivity index (χ4v) is 3.01. The van der Waals surface area contributed by atoms with Crippen LogP contribution in [-0.4, -0.2) is 41.3 Å². The number of Topliss-reactive ketones (excluding diaryl/α,β-unsaturated/α-hetero) is 1. The van der Waals surface area contributed by atoms with Gasteiger partial charge in [-0.15, -0.1) is 0 Å². The van der Waals surface area contributed by atoms with Crippen LogP contribution in [0.5, 0.6) is 5.75 Å². The number of hydrogen-bond acceptors (Lipinski definition) is 4. The summed E-state index contributed by atoms with van der Waals surface area (Å²) in [7, 11) is 0. The Morgan fingerprint density at radius 3 is 2.58 bits per heavy atom. The number of anilines is 1. The minimum Gasteiger partial charge on any atom is -0.508 e. The molecule has 0 unspecified atom stereocenters. The molecule has 0 radical (unpaired) electrons. The molecular weight excluding hydrogens is 328 g/mol. The van der Waals surface area contributed by atoms with Crippen molar-refractivity contribution in [2.75, 3.05) is 25.0 Å². The molecule has 1 aliphatic rings. The number of nitrogens with one attached hydrogen (secondary N) is 1. The number of carbonyl (C=O) groups is 2. The van der Waals surface area contributed by atoms with Crippen molar-refractivity contribution < 1.29 is 14.7 Å². The van der Waals surface area contributed by atoms with E-state index in [0.29, 0.717) is 24.3 Å². The lowest BCUT2D eigenvalue weighted by Gasteiger charge is -2.26. The maximum Gasteiger partial charge on any atom is 0.238 e. The zero-order valence-electron chi connectivity index (χ0n) is 14.7. The number of carbonyl (C=O) groups excluding carboxylic acids is 2. The molecule has 0 saturated carbocycles. The van der Waals surface area contributed by atoms with Crippen LogP contribution in [0.25, 0.3) is 5.57 Å². The highest BCUT2D eigenvalue weighted by Crippen LogP contribution is 2.24. The van der Waals surface area contributed by atoms with E-state index >= 15 is 0 Å². The van der Waals surface area contributed by atoms with Crippen molar-refractivity contribution >= 4 is 23.0 Å². The highest BCUT2D eigenvalue weighted by Gasteiger charge is 2.16. The summed E-state index contributed by atoms with van der Waals surface area (Å²) in [6.45, 7) is 3.32. The Bertz CT molecular complexity index is 841. The molecule has 0 spiro atoms. The van der Waals surface area contributed by atoms with E-state index in [0.717, 1.165) is 18.5 Å². The van der Waals surface area contributed by atoms with Gasteiger partial charge < -0.3 is 10.4 Å². The minimum atomic E-state index is -0.0906. The first kappa shape index (κ1) is 17.9. The van der Waals surface area contributed by atoms with Crippen LogP contribution < -0.4 is 5.32 Å². The normalized spacial score (nSPS) is 14.6. The number of amides is 1. The lowest BCUT2D eigenvalue weighted by molar-refractivity contribution is -0.117. The summed E-state index contributed by atoms with van der Waals surface area (Å²) in [6.07, 6.45) is 2.98. The van der Waals surface area contributed by atoms with E-state index in [2.05, 4.69) is 16.3 Å². The molecule has 2 aromatic rings. The average molecular weight is 350 g/mol. The van der Waals surface area contributed by atoms with Gasteiger partial charge in [-0.1, -0.05) is 30.3 Å². The van der Waals surface area contributed by atoms with Gasteiger partial charge in [-0.3, -0.25) is 14.5 Å². The van der Waals surface area contributed by atoms with Crippen molar-refractivity contribution in [3.05, 3.63) is 65.7 Å². The predicted octanol–water partition coefficient (Wildman–Crippen LogP) is 3.32. The molecule has 0 atom stereocenters. The monoisotopic (exact) mass is 350 g/mol. The Morgan fingerprint density at radius 1 is 1.15 bits per heavy atom. The average Bonchev–Trinajstić information content (AvgIpc) is 2.63. The molecule has 0 saturated heterocycles. The van der Waals surface area contributed by atoms with E-state index in [1.54, 1.807) is 36.4 Å². The first-order valence-electron chi connectivity index (χ1n) is 8.63. The van der Waals surface area contributed by atoms with Crippen molar-refractivity contribution in [1.82, 2.24) is 4.90 Å². The quantitative estimate of drug-likeness (QED) is 0.812. The van der Waals surface area contributed by atoms with Crippen LogP contribution >= 0.6 is 0 Å². The number of phenolic OH excluding ortho intramolecular Hbond substituents is 1. The van der Waals surface area contributed by atoms with E-state index in [9.17, 15) is 14.7 Å². The molecular formula is C21H22N2O3. The summed E-state index contributed by atoms with van der Waals surface area (Å²) in [5.74, 6) is 0.147. The minimum absolute atomic E-state index is 0.0240. The van der Waals surface area contributed by atoms with Crippen LogP contribution in [0.15, 0.2) is 54.6 Å². The van der Waals surface area contributed by atoms with Gasteiger partial charge in [0, 0.05) is 24.3 Å². The van der Waals surface area contributed by atoms with Gasteiger partial charge in [-0.25, -0.2) is 0 Å². The summed E-state index contributed by atoms with van der Waals surface area (Å²) in [5, 5.41) is 12.2. The highest BCUT2D eigenvalue weighted by molar-refractivity contribution is 5.97. The van der Waals surface area contributed by atoms with Gasteiger partial charge >= 0.3 is 0 Å². The van der Waals surface area contributed by atoms with Gasteiger partial charge in [-0.05, 0) is 48.7 Å². The maximum absolute atomic E-state index is 12.3. The molecule has 0 bridgehead atoms. The third-order valence-corrected chi connectivity index (χ3v) is 4.45. The molecule has 5 nitrogen and oxygen atoms in total. The second-order valence-corrected chi connectivity index (χ2v) is 6.45. The number of ketones is 1. The zero-order valence-corrected chi connectivity index (χ0v) is 14.7. The first-order chi connectivity index (χ1) is 12.5. The van der Waals surface area contributed by atoms with Crippen molar-refractivity contribution in [1.29, 1.82) is 0 Å². The molecule has 2 N–H and O–H groups in total. The maximum atomic E-state index is 12.3. The van der Waals surface area contributed by atoms with Crippen molar-refractivity contribution in [2.45, 2.75) is 13.3 Å². The van der Waals surface area contributed by atoms with Crippen molar-refractivity contribution in [3.63, 3.8) is 0 Å². The molecule has 1 amide bonds. The molecule has 1 aliphatic heterocycles. The lowest BCUT2D eigenvalue weighted by atomic mass is 9.99. The van der Waals surface area contributed by atoms with Gasteiger partial charge in [0.2, 0.25) is 5.91 Å². The van der Waals surface area contributed by atoms with Gasteiger partial charge in [-0.2, -0.15) is 0 Å². The molecule has 2 aromatic carbocycles. The summed E-state index contributed by atoms with van der Waals surface area (Å²) < 4.78 is 0. The van der Waals surface area contributed by atoms with E-state index in [1.807, 2.05) is 12.1 Å². The number of phenols is 1. The Hall–Kier alpha value is -2.92. The fourth-order valence-electron chi connectivity index (χ4n) is 3.01. The standard InChI is InChI=1S/C21H22N2O3/c1-15(24)18-3-2-4-19(13-18)22-21(26)14-23-11-9-17(10-12-23)16-5-7-20(25)8-6-16/h2-9,13,25H,10-12,14H2,1H3,(H,22,26). The lowest BCUT2D eigenvalue weighted by Crippen LogP contribution is -2.36. The molecule has 3 rings (SSSR count). The summed E-state index contributed by atoms with van der Waals surface area (Å²) in [6, 6.07) is 14.2. The fraction of sp³-hybridized carbons (Fsp3) is 0.238. The Labute approximate surface area is 153 Å². The summed E-state index contributed by atoms with van der Waals surface area (Å²) in [5.41, 5.74) is 3.56. The molecule has 1 heterocycles. The van der Waals surface area contributed by atoms with E-state index < -0.39 is 0 Å². The third kappa shape index (κ3) is 4.58. The number of aromatic hydroxyl groups is 1. The van der Waals surface area contributed by atoms with Crippen LogP contribution in [0.4, 0.5) is 5.69 Å². The van der Waals surface area contributed by atoms with Crippen LogP contribution in [0.3, 0.4) is 0 Å². The number of rotatable bonds is 5. The molecule has 0 aromatic heterocycles. The Balaban J connectivity index is 1.55.